The molecule has 0 spiro atoms. The van der Waals surface area contributed by atoms with Gasteiger partial charge in [-0.1, -0.05) is 23.7 Å². The van der Waals surface area contributed by atoms with Gasteiger partial charge < -0.3 is 10.1 Å². The quantitative estimate of drug-likeness (QED) is 0.613. The molecule has 0 saturated heterocycles. The molecule has 1 aromatic carbocycles. The Kier molecular flexibility index (Phi) is 8.69. The molecule has 0 aromatic heterocycles. The molecule has 1 atom stereocenters. The van der Waals surface area contributed by atoms with E-state index in [0.717, 1.165) is 6.26 Å². The zero-order valence-electron chi connectivity index (χ0n) is 14.2. The number of ether oxygens (including phenoxy) is 1. The first-order valence-corrected chi connectivity index (χ1v) is 10.1. The fraction of sp³-hybridized carbons (Fsp3) is 0.562. The summed E-state index contributed by atoms with van der Waals surface area (Å²) in [6.07, 6.45) is 1.94. The molecule has 1 rings (SSSR count). The third kappa shape index (κ3) is 9.22. The Morgan fingerprint density at radius 1 is 1.25 bits per heavy atom. The monoisotopic (exact) mass is 376 g/mol. The normalized spacial score (nSPS) is 13.0. The zero-order chi connectivity index (χ0) is 18.2. The molecule has 8 heteroatoms. The van der Waals surface area contributed by atoms with E-state index in [0.29, 0.717) is 30.2 Å². The number of carbonyl (C=O) groups is 1. The minimum Gasteiger partial charge on any atom is -0.379 e. The number of halogens is 1. The minimum atomic E-state index is -3.45. The fourth-order valence-corrected chi connectivity index (χ4v) is 2.92. The van der Waals surface area contributed by atoms with E-state index in [9.17, 15) is 13.2 Å². The van der Waals surface area contributed by atoms with Gasteiger partial charge in [-0.3, -0.25) is 4.79 Å². The third-order valence-electron chi connectivity index (χ3n) is 3.11. The molecule has 0 aliphatic heterocycles. The topological polar surface area (TPSA) is 84.5 Å². The molecule has 0 heterocycles. The summed E-state index contributed by atoms with van der Waals surface area (Å²) in [5, 5.41) is 3.32. The van der Waals surface area contributed by atoms with Crippen LogP contribution >= 0.6 is 11.6 Å². The Hall–Kier alpha value is -1.15. The van der Waals surface area contributed by atoms with Crippen LogP contribution in [0.15, 0.2) is 24.3 Å². The maximum absolute atomic E-state index is 12.1. The first-order chi connectivity index (χ1) is 11.2. The van der Waals surface area contributed by atoms with Crippen molar-refractivity contribution in [3.8, 4) is 0 Å². The number of nitrogens with one attached hydrogen (secondary N) is 2. The summed E-state index contributed by atoms with van der Waals surface area (Å²) >= 11 is 5.85. The van der Waals surface area contributed by atoms with Crippen molar-refractivity contribution >= 4 is 27.5 Å². The molecule has 6 nitrogen and oxygen atoms in total. The van der Waals surface area contributed by atoms with Gasteiger partial charge in [-0.25, -0.2) is 13.1 Å². The molecule has 24 heavy (non-hydrogen) atoms. The van der Waals surface area contributed by atoms with Crippen LogP contribution in [0.1, 0.15) is 38.3 Å². The number of hydrogen-bond acceptors (Lipinski definition) is 4. The lowest BCUT2D eigenvalue weighted by molar-refractivity contribution is -0.121. The van der Waals surface area contributed by atoms with Crippen molar-refractivity contribution in [1.29, 1.82) is 0 Å². The predicted octanol–water partition coefficient (Wildman–Crippen LogP) is 2.25. The third-order valence-corrected chi connectivity index (χ3v) is 4.08. The van der Waals surface area contributed by atoms with E-state index in [1.165, 1.54) is 0 Å². The van der Waals surface area contributed by atoms with Crippen LogP contribution in [0.3, 0.4) is 0 Å². The van der Waals surface area contributed by atoms with Gasteiger partial charge in [0.15, 0.2) is 0 Å². The smallest absolute Gasteiger partial charge is 0.221 e. The average molecular weight is 377 g/mol. The lowest BCUT2D eigenvalue weighted by Gasteiger charge is -2.18. The Balaban J connectivity index is 2.58. The van der Waals surface area contributed by atoms with Gasteiger partial charge in [-0.2, -0.15) is 0 Å². The molecule has 0 unspecified atom stereocenters. The Morgan fingerprint density at radius 2 is 1.88 bits per heavy atom. The van der Waals surface area contributed by atoms with Crippen molar-refractivity contribution in [3.63, 3.8) is 0 Å². The fourth-order valence-electron chi connectivity index (χ4n) is 2.06. The largest absolute Gasteiger partial charge is 0.379 e. The van der Waals surface area contributed by atoms with Gasteiger partial charge in [-0.15, -0.1) is 0 Å². The van der Waals surface area contributed by atoms with E-state index in [4.69, 9.17) is 16.3 Å². The molecule has 0 radical (unpaired) electrons. The van der Waals surface area contributed by atoms with Gasteiger partial charge in [0.1, 0.15) is 0 Å². The van der Waals surface area contributed by atoms with Gasteiger partial charge in [-0.05, 0) is 38.0 Å². The van der Waals surface area contributed by atoms with Gasteiger partial charge in [0.2, 0.25) is 15.9 Å². The van der Waals surface area contributed by atoms with Crippen LogP contribution < -0.4 is 10.0 Å². The summed E-state index contributed by atoms with van der Waals surface area (Å²) in [5.41, 5.74) is 0.683. The van der Waals surface area contributed by atoms with Crippen LogP contribution in [0.2, 0.25) is 5.02 Å². The maximum Gasteiger partial charge on any atom is 0.221 e. The van der Waals surface area contributed by atoms with Crippen molar-refractivity contribution in [2.75, 3.05) is 19.4 Å². The van der Waals surface area contributed by atoms with Gasteiger partial charge in [0.05, 0.1) is 18.4 Å². The number of benzene rings is 1. The van der Waals surface area contributed by atoms with Crippen LogP contribution in [0.25, 0.3) is 0 Å². The molecule has 136 valence electrons. The SMILES string of the molecule is CC(C)OCCCNC(=O)C[C@@H](NS(C)(=O)=O)c1ccc(Cl)cc1. The van der Waals surface area contributed by atoms with Gasteiger partial charge in [0, 0.05) is 24.6 Å². The first kappa shape index (κ1) is 20.9. The van der Waals surface area contributed by atoms with E-state index in [2.05, 4.69) is 10.0 Å². The van der Waals surface area contributed by atoms with Crippen LogP contribution in [-0.4, -0.2) is 39.8 Å². The zero-order valence-corrected chi connectivity index (χ0v) is 15.8. The van der Waals surface area contributed by atoms with Crippen LogP contribution in [0, 0.1) is 0 Å². The van der Waals surface area contributed by atoms with Crippen LogP contribution in [0.5, 0.6) is 0 Å². The summed E-state index contributed by atoms with van der Waals surface area (Å²) in [7, 11) is -3.45. The summed E-state index contributed by atoms with van der Waals surface area (Å²) in [6.45, 7) is 4.95. The van der Waals surface area contributed by atoms with E-state index in [1.807, 2.05) is 13.8 Å². The minimum absolute atomic E-state index is 0.0136. The molecule has 0 aliphatic rings. The number of sulfonamides is 1. The summed E-state index contributed by atoms with van der Waals surface area (Å²) < 4.78 is 31.0. The molecule has 0 saturated carbocycles. The number of rotatable bonds is 10. The summed E-state index contributed by atoms with van der Waals surface area (Å²) in [5.74, 6) is -0.226. The predicted molar refractivity (Wildman–Crippen MR) is 95.5 cm³/mol. The highest BCUT2D eigenvalue weighted by Gasteiger charge is 2.19. The number of carbonyl (C=O) groups excluding carboxylic acids is 1. The second-order valence-corrected chi connectivity index (χ2v) is 8.04. The van der Waals surface area contributed by atoms with Crippen LogP contribution in [-0.2, 0) is 19.6 Å². The van der Waals surface area contributed by atoms with E-state index in [-0.39, 0.29) is 18.4 Å². The molecule has 0 fully saturated rings. The van der Waals surface area contributed by atoms with Crippen molar-refractivity contribution < 1.29 is 17.9 Å². The summed E-state index contributed by atoms with van der Waals surface area (Å²) in [6, 6.07) is 6.10. The van der Waals surface area contributed by atoms with E-state index >= 15 is 0 Å². The van der Waals surface area contributed by atoms with Gasteiger partial charge >= 0.3 is 0 Å². The lowest BCUT2D eigenvalue weighted by atomic mass is 10.0. The van der Waals surface area contributed by atoms with Crippen molar-refractivity contribution in [3.05, 3.63) is 34.9 Å². The molecule has 0 bridgehead atoms. The molecule has 0 aliphatic carbocycles. The highest BCUT2D eigenvalue weighted by molar-refractivity contribution is 7.88. The molecular formula is C16H25ClN2O4S. The van der Waals surface area contributed by atoms with E-state index < -0.39 is 16.1 Å². The van der Waals surface area contributed by atoms with Crippen molar-refractivity contribution in [2.45, 2.75) is 38.8 Å². The van der Waals surface area contributed by atoms with E-state index in [1.54, 1.807) is 24.3 Å². The number of amides is 1. The highest BCUT2D eigenvalue weighted by Crippen LogP contribution is 2.20. The number of hydrogen-bond donors (Lipinski definition) is 2. The van der Waals surface area contributed by atoms with Crippen molar-refractivity contribution in [1.82, 2.24) is 10.0 Å². The second-order valence-electron chi connectivity index (χ2n) is 5.82. The van der Waals surface area contributed by atoms with Crippen LogP contribution in [0.4, 0.5) is 0 Å². The van der Waals surface area contributed by atoms with Crippen molar-refractivity contribution in [2.24, 2.45) is 0 Å². The molecule has 2 N–H and O–H groups in total. The Morgan fingerprint density at radius 3 is 2.42 bits per heavy atom. The lowest BCUT2D eigenvalue weighted by Crippen LogP contribution is -2.33. The Labute approximate surface area is 149 Å². The molecular weight excluding hydrogens is 352 g/mol. The Bertz CT molecular complexity index is 617. The maximum atomic E-state index is 12.1. The average Bonchev–Trinajstić information content (AvgIpc) is 2.45. The first-order valence-electron chi connectivity index (χ1n) is 7.78. The second kappa shape index (κ2) is 9.98. The molecule has 1 aromatic rings. The highest BCUT2D eigenvalue weighted by atomic mass is 35.5. The summed E-state index contributed by atoms with van der Waals surface area (Å²) in [4.78, 5) is 12.1. The standard InChI is InChI=1S/C16H25ClN2O4S/c1-12(2)23-10-4-9-18-16(20)11-15(19-24(3,21)22)13-5-7-14(17)8-6-13/h5-8,12,15,19H,4,9-11H2,1-3H3,(H,18,20)/t15-/m1/s1. The van der Waals surface area contributed by atoms with Gasteiger partial charge in [0.25, 0.3) is 0 Å². The molecule has 1 amide bonds.